The largest absolute Gasteiger partial charge is 0.462 e. The Kier molecular flexibility index (Phi) is 9.00. The van der Waals surface area contributed by atoms with E-state index >= 15 is 0 Å². The monoisotopic (exact) mass is 482 g/mol. The zero-order valence-corrected chi connectivity index (χ0v) is 20.1. The van der Waals surface area contributed by atoms with Crippen molar-refractivity contribution < 1.29 is 28.5 Å². The minimum atomic E-state index is -0.552. The van der Waals surface area contributed by atoms with Gasteiger partial charge in [-0.3, -0.25) is 0 Å². The minimum absolute atomic E-state index is 0.315. The van der Waals surface area contributed by atoms with Crippen LogP contribution in [-0.2, 0) is 19.1 Å². The van der Waals surface area contributed by atoms with Gasteiger partial charge in [-0.2, -0.15) is 0 Å². The van der Waals surface area contributed by atoms with Crippen molar-refractivity contribution in [1.82, 2.24) is 0 Å². The Bertz CT molecular complexity index is 1300. The van der Waals surface area contributed by atoms with Crippen LogP contribution in [0.4, 0.5) is 0 Å². The lowest BCUT2D eigenvalue weighted by Crippen LogP contribution is -1.99. The fraction of sp³-hybridized carbons (Fsp3) is 0.0667. The van der Waals surface area contributed by atoms with Crippen LogP contribution in [-0.4, -0.2) is 11.9 Å². The van der Waals surface area contributed by atoms with E-state index in [1.54, 1.807) is 6.92 Å². The molecule has 0 saturated heterocycles. The number of aryl methyl sites for hydroxylation is 1. The fourth-order valence-electron chi connectivity index (χ4n) is 3.15. The van der Waals surface area contributed by atoms with Gasteiger partial charge in [0.15, 0.2) is 0 Å². The third-order valence-electron chi connectivity index (χ3n) is 4.98. The molecule has 182 valence electrons. The molecular weight excluding hydrogens is 456 g/mol. The van der Waals surface area contributed by atoms with Crippen molar-refractivity contribution >= 4 is 11.9 Å². The van der Waals surface area contributed by atoms with Crippen LogP contribution < -0.4 is 9.47 Å². The fourth-order valence-corrected chi connectivity index (χ4v) is 3.15. The van der Waals surface area contributed by atoms with Gasteiger partial charge in [-0.15, -0.1) is 0 Å². The predicted molar refractivity (Wildman–Crippen MR) is 139 cm³/mol. The summed E-state index contributed by atoms with van der Waals surface area (Å²) in [5.41, 5.74) is 5.62. The summed E-state index contributed by atoms with van der Waals surface area (Å²) in [6.07, 6.45) is 6.03. The van der Waals surface area contributed by atoms with Crippen LogP contribution in [0.2, 0.25) is 0 Å². The van der Waals surface area contributed by atoms with Gasteiger partial charge in [0.2, 0.25) is 0 Å². The van der Waals surface area contributed by atoms with E-state index in [1.165, 1.54) is 18.8 Å². The summed E-state index contributed by atoms with van der Waals surface area (Å²) in [6, 6.07) is 21.6. The highest BCUT2D eigenvalue weighted by Gasteiger charge is 2.06. The number of hydrogen-bond donors (Lipinski definition) is 0. The molecule has 0 spiro atoms. The van der Waals surface area contributed by atoms with E-state index in [4.69, 9.17) is 18.9 Å². The highest BCUT2D eigenvalue weighted by Crippen LogP contribution is 2.30. The Morgan fingerprint density at radius 1 is 0.722 bits per heavy atom. The molecule has 3 rings (SSSR count). The average Bonchev–Trinajstić information content (AvgIpc) is 2.89. The molecule has 0 bridgehead atoms. The number of hydrogen-bond acceptors (Lipinski definition) is 6. The van der Waals surface area contributed by atoms with Crippen molar-refractivity contribution in [2.75, 3.05) is 0 Å². The molecule has 0 aliphatic rings. The van der Waals surface area contributed by atoms with E-state index in [9.17, 15) is 9.59 Å². The lowest BCUT2D eigenvalue weighted by atomic mass is 9.97. The number of carbonyl (C=O) groups is 2. The summed E-state index contributed by atoms with van der Waals surface area (Å²) in [4.78, 5) is 22.3. The highest BCUT2D eigenvalue weighted by atomic mass is 16.5. The molecule has 6 heteroatoms. The van der Waals surface area contributed by atoms with Crippen LogP contribution in [0.3, 0.4) is 0 Å². The van der Waals surface area contributed by atoms with Gasteiger partial charge in [-0.05, 0) is 65.9 Å². The Hall–Kier alpha value is -4.84. The molecule has 6 nitrogen and oxygen atoms in total. The predicted octanol–water partition coefficient (Wildman–Crippen LogP) is 6.88. The second kappa shape index (κ2) is 12.6. The molecule has 0 radical (unpaired) electrons. The molecule has 3 aromatic carbocycles. The molecule has 0 atom stereocenters. The topological polar surface area (TPSA) is 71.1 Å². The molecule has 0 saturated carbocycles. The van der Waals surface area contributed by atoms with Crippen LogP contribution in [0.15, 0.2) is 117 Å². The summed E-state index contributed by atoms with van der Waals surface area (Å²) < 4.78 is 20.5. The normalized spacial score (nSPS) is 10.7. The molecule has 3 aromatic rings. The summed E-state index contributed by atoms with van der Waals surface area (Å²) >= 11 is 0. The van der Waals surface area contributed by atoms with Gasteiger partial charge >= 0.3 is 11.9 Å². The molecule has 0 aromatic heterocycles. The minimum Gasteiger partial charge on any atom is -0.462 e. The summed E-state index contributed by atoms with van der Waals surface area (Å²) in [5.74, 6) is 0.189. The van der Waals surface area contributed by atoms with E-state index < -0.39 is 11.9 Å². The highest BCUT2D eigenvalue weighted by molar-refractivity contribution is 5.87. The molecule has 36 heavy (non-hydrogen) atoms. The Morgan fingerprint density at radius 2 is 1.25 bits per heavy atom. The van der Waals surface area contributed by atoms with Crippen molar-refractivity contribution in [3.8, 4) is 33.8 Å². The van der Waals surface area contributed by atoms with Crippen LogP contribution in [0, 0.1) is 6.92 Å². The van der Waals surface area contributed by atoms with E-state index in [1.807, 2.05) is 49.4 Å². The van der Waals surface area contributed by atoms with Crippen molar-refractivity contribution in [2.45, 2.75) is 13.8 Å². The zero-order chi connectivity index (χ0) is 25.9. The lowest BCUT2D eigenvalue weighted by Gasteiger charge is -2.10. The van der Waals surface area contributed by atoms with Gasteiger partial charge in [0.25, 0.3) is 0 Å². The standard InChI is InChI=1S/C30H26O6/c1-5-29(31)35-18-16-33-26-12-10-24(11-13-26)23-6-8-25(9-7-23)28-15-14-27(20-22(28)4)34-17-19-36-30(32)21(2)3/h5-20H,1-2H2,3-4H3/b18-16-,19-17-. The summed E-state index contributed by atoms with van der Waals surface area (Å²) in [6.45, 7) is 10.4. The van der Waals surface area contributed by atoms with Gasteiger partial charge in [-0.25, -0.2) is 9.59 Å². The van der Waals surface area contributed by atoms with Crippen LogP contribution in [0.1, 0.15) is 12.5 Å². The first kappa shape index (κ1) is 25.8. The smallest absolute Gasteiger partial charge is 0.338 e. The third-order valence-corrected chi connectivity index (χ3v) is 4.98. The van der Waals surface area contributed by atoms with E-state index in [-0.39, 0.29) is 0 Å². The SMILES string of the molecule is C=CC(=O)O/C=C\Oc1ccc(-c2ccc(-c3ccc(O/C=C\OC(=O)C(=C)C)cc3C)cc2)cc1. The summed E-state index contributed by atoms with van der Waals surface area (Å²) in [7, 11) is 0. The van der Waals surface area contributed by atoms with Crippen molar-refractivity contribution in [2.24, 2.45) is 0 Å². The second-order valence-corrected chi connectivity index (χ2v) is 7.69. The maximum atomic E-state index is 11.4. The van der Waals surface area contributed by atoms with E-state index in [2.05, 4.69) is 37.4 Å². The first-order valence-electron chi connectivity index (χ1n) is 11.0. The van der Waals surface area contributed by atoms with Gasteiger partial charge in [0, 0.05) is 11.6 Å². The first-order chi connectivity index (χ1) is 17.4. The van der Waals surface area contributed by atoms with Crippen LogP contribution in [0.5, 0.6) is 11.5 Å². The number of rotatable bonds is 10. The van der Waals surface area contributed by atoms with Crippen LogP contribution >= 0.6 is 0 Å². The van der Waals surface area contributed by atoms with Crippen molar-refractivity contribution in [1.29, 1.82) is 0 Å². The van der Waals surface area contributed by atoms with E-state index in [0.29, 0.717) is 17.1 Å². The van der Waals surface area contributed by atoms with Gasteiger partial charge in [0.1, 0.15) is 36.5 Å². The molecule has 0 aliphatic carbocycles. The average molecular weight is 483 g/mol. The Balaban J connectivity index is 1.61. The van der Waals surface area contributed by atoms with E-state index in [0.717, 1.165) is 40.2 Å². The van der Waals surface area contributed by atoms with Crippen molar-refractivity contribution in [3.63, 3.8) is 0 Å². The molecule has 0 aliphatic heterocycles. The summed E-state index contributed by atoms with van der Waals surface area (Å²) in [5, 5.41) is 0. The Labute approximate surface area is 210 Å². The number of benzene rings is 3. The van der Waals surface area contributed by atoms with Crippen molar-refractivity contribution in [3.05, 3.63) is 122 Å². The first-order valence-corrected chi connectivity index (χ1v) is 11.0. The van der Waals surface area contributed by atoms with Crippen LogP contribution in [0.25, 0.3) is 22.3 Å². The molecule has 0 fully saturated rings. The Morgan fingerprint density at radius 3 is 1.83 bits per heavy atom. The molecular formula is C30H26O6. The molecule has 0 unspecified atom stereocenters. The number of esters is 2. The molecule has 0 N–H and O–H groups in total. The third kappa shape index (κ3) is 7.33. The number of ether oxygens (including phenoxy) is 4. The quantitative estimate of drug-likeness (QED) is 0.178. The van der Waals surface area contributed by atoms with Gasteiger partial charge in [0.05, 0.1) is 0 Å². The molecule has 0 amide bonds. The lowest BCUT2D eigenvalue weighted by molar-refractivity contribution is -0.134. The maximum absolute atomic E-state index is 11.4. The van der Waals surface area contributed by atoms with Gasteiger partial charge in [-0.1, -0.05) is 55.6 Å². The van der Waals surface area contributed by atoms with Gasteiger partial charge < -0.3 is 18.9 Å². The number of carbonyl (C=O) groups excluding carboxylic acids is 2. The maximum Gasteiger partial charge on any atom is 0.338 e. The zero-order valence-electron chi connectivity index (χ0n) is 20.1. The molecule has 0 heterocycles. The second-order valence-electron chi connectivity index (χ2n) is 7.69.